The zero-order chi connectivity index (χ0) is 14.7. The van der Waals surface area contributed by atoms with Crippen molar-refractivity contribution in [3.05, 3.63) is 47.0 Å². The average molecular weight is 270 g/mol. The minimum absolute atomic E-state index is 0.175. The molecule has 0 aromatic heterocycles. The Bertz CT molecular complexity index is 590. The summed E-state index contributed by atoms with van der Waals surface area (Å²) in [5.41, 5.74) is 5.73. The highest BCUT2D eigenvalue weighted by atomic mass is 16.3. The second-order valence-corrected chi connectivity index (χ2v) is 5.04. The van der Waals surface area contributed by atoms with Crippen LogP contribution in [0.1, 0.15) is 37.5 Å². The third-order valence-corrected chi connectivity index (χ3v) is 3.84. The smallest absolute Gasteiger partial charge is 0.123 e. The molecule has 0 radical (unpaired) electrons. The number of benzene rings is 2. The van der Waals surface area contributed by atoms with Crippen LogP contribution in [0.4, 0.5) is 0 Å². The van der Waals surface area contributed by atoms with Crippen LogP contribution in [0.5, 0.6) is 11.5 Å². The third kappa shape index (κ3) is 2.64. The summed E-state index contributed by atoms with van der Waals surface area (Å²) in [6.45, 7) is 6.49. The molecule has 0 aliphatic heterocycles. The first-order valence-corrected chi connectivity index (χ1v) is 7.27. The molecule has 20 heavy (non-hydrogen) atoms. The van der Waals surface area contributed by atoms with E-state index in [1.54, 1.807) is 6.07 Å². The molecule has 106 valence electrons. The van der Waals surface area contributed by atoms with Crippen LogP contribution in [-0.2, 0) is 19.3 Å². The van der Waals surface area contributed by atoms with Crippen molar-refractivity contribution in [1.82, 2.24) is 0 Å². The zero-order valence-corrected chi connectivity index (χ0v) is 12.4. The standard InChI is InChI=1S/C18H22O2/c1-4-12-9-14(10-13(5-2)16(12)6-3)17-11-15(19)7-8-18(17)20/h7-11,19-20H,4-6H2,1-3H3. The normalized spacial score (nSPS) is 10.8. The van der Waals surface area contributed by atoms with Gasteiger partial charge in [-0.3, -0.25) is 0 Å². The Morgan fingerprint density at radius 1 is 0.800 bits per heavy atom. The van der Waals surface area contributed by atoms with Crippen molar-refractivity contribution in [2.24, 2.45) is 0 Å². The largest absolute Gasteiger partial charge is 0.508 e. The molecule has 2 aromatic carbocycles. The molecule has 0 unspecified atom stereocenters. The number of hydrogen-bond acceptors (Lipinski definition) is 2. The first kappa shape index (κ1) is 14.4. The molecule has 0 saturated heterocycles. The van der Waals surface area contributed by atoms with Crippen molar-refractivity contribution in [3.63, 3.8) is 0 Å². The van der Waals surface area contributed by atoms with E-state index in [-0.39, 0.29) is 11.5 Å². The maximum Gasteiger partial charge on any atom is 0.123 e. The Morgan fingerprint density at radius 3 is 1.90 bits per heavy atom. The number of hydrogen-bond donors (Lipinski definition) is 2. The van der Waals surface area contributed by atoms with Gasteiger partial charge in [-0.1, -0.05) is 32.9 Å². The van der Waals surface area contributed by atoms with Crippen molar-refractivity contribution in [2.75, 3.05) is 0 Å². The minimum Gasteiger partial charge on any atom is -0.508 e. The summed E-state index contributed by atoms with van der Waals surface area (Å²) in [6.07, 6.45) is 2.98. The predicted molar refractivity (Wildman–Crippen MR) is 83.3 cm³/mol. The molecule has 0 aliphatic carbocycles. The van der Waals surface area contributed by atoms with Crippen LogP contribution in [0.3, 0.4) is 0 Å². The topological polar surface area (TPSA) is 40.5 Å². The van der Waals surface area contributed by atoms with E-state index in [2.05, 4.69) is 32.9 Å². The van der Waals surface area contributed by atoms with E-state index in [0.29, 0.717) is 5.56 Å². The lowest BCUT2D eigenvalue weighted by Gasteiger charge is -2.15. The van der Waals surface area contributed by atoms with Gasteiger partial charge >= 0.3 is 0 Å². The highest BCUT2D eigenvalue weighted by molar-refractivity contribution is 5.73. The Hall–Kier alpha value is -1.96. The first-order chi connectivity index (χ1) is 9.60. The summed E-state index contributed by atoms with van der Waals surface area (Å²) in [7, 11) is 0. The van der Waals surface area contributed by atoms with Gasteiger partial charge in [-0.25, -0.2) is 0 Å². The maximum atomic E-state index is 10.0. The van der Waals surface area contributed by atoms with E-state index in [1.165, 1.54) is 28.8 Å². The molecule has 0 bridgehead atoms. The van der Waals surface area contributed by atoms with Crippen LogP contribution in [0.15, 0.2) is 30.3 Å². The van der Waals surface area contributed by atoms with E-state index in [4.69, 9.17) is 0 Å². The Balaban J connectivity index is 2.65. The van der Waals surface area contributed by atoms with E-state index in [9.17, 15) is 10.2 Å². The number of phenolic OH excluding ortho intramolecular Hbond substituents is 2. The van der Waals surface area contributed by atoms with Crippen LogP contribution in [-0.4, -0.2) is 10.2 Å². The minimum atomic E-state index is 0.175. The molecule has 2 nitrogen and oxygen atoms in total. The zero-order valence-electron chi connectivity index (χ0n) is 12.4. The molecule has 2 rings (SSSR count). The second-order valence-electron chi connectivity index (χ2n) is 5.04. The summed E-state index contributed by atoms with van der Waals surface area (Å²) in [5, 5.41) is 19.7. The highest BCUT2D eigenvalue weighted by Gasteiger charge is 2.11. The van der Waals surface area contributed by atoms with Gasteiger partial charge in [0.1, 0.15) is 11.5 Å². The van der Waals surface area contributed by atoms with Gasteiger partial charge in [0.2, 0.25) is 0 Å². The fraction of sp³-hybridized carbons (Fsp3) is 0.333. The fourth-order valence-corrected chi connectivity index (χ4v) is 2.79. The molecule has 0 aliphatic rings. The molecule has 0 fully saturated rings. The predicted octanol–water partition coefficient (Wildman–Crippen LogP) is 4.45. The molecule has 0 saturated carbocycles. The first-order valence-electron chi connectivity index (χ1n) is 7.27. The van der Waals surface area contributed by atoms with Crippen LogP contribution >= 0.6 is 0 Å². The second kappa shape index (κ2) is 6.00. The van der Waals surface area contributed by atoms with Gasteiger partial charge in [-0.05, 0) is 59.7 Å². The van der Waals surface area contributed by atoms with Crippen LogP contribution in [0, 0.1) is 0 Å². The summed E-state index contributed by atoms with van der Waals surface area (Å²) in [4.78, 5) is 0. The number of aromatic hydroxyl groups is 2. The van der Waals surface area contributed by atoms with Gasteiger partial charge < -0.3 is 10.2 Å². The third-order valence-electron chi connectivity index (χ3n) is 3.84. The van der Waals surface area contributed by atoms with Gasteiger partial charge in [0.25, 0.3) is 0 Å². The lowest BCUT2D eigenvalue weighted by atomic mass is 9.90. The molecule has 0 spiro atoms. The van der Waals surface area contributed by atoms with E-state index in [1.807, 2.05) is 0 Å². The van der Waals surface area contributed by atoms with Gasteiger partial charge in [0, 0.05) is 5.56 Å². The van der Waals surface area contributed by atoms with Crippen molar-refractivity contribution < 1.29 is 10.2 Å². The number of phenols is 2. The van der Waals surface area contributed by atoms with E-state index >= 15 is 0 Å². The highest BCUT2D eigenvalue weighted by Crippen LogP contribution is 2.35. The maximum absolute atomic E-state index is 10.0. The fourth-order valence-electron chi connectivity index (χ4n) is 2.79. The van der Waals surface area contributed by atoms with E-state index < -0.39 is 0 Å². The Kier molecular flexibility index (Phi) is 4.33. The Labute approximate surface area is 120 Å². The molecule has 2 N–H and O–H groups in total. The lowest BCUT2D eigenvalue weighted by Crippen LogP contribution is -1.99. The van der Waals surface area contributed by atoms with Gasteiger partial charge in [-0.2, -0.15) is 0 Å². The molecule has 0 amide bonds. The average Bonchev–Trinajstić information content (AvgIpc) is 2.48. The van der Waals surface area contributed by atoms with Crippen molar-refractivity contribution in [3.8, 4) is 22.6 Å². The number of aryl methyl sites for hydroxylation is 2. The van der Waals surface area contributed by atoms with E-state index in [0.717, 1.165) is 24.8 Å². The molecule has 2 heteroatoms. The van der Waals surface area contributed by atoms with Gasteiger partial charge in [0.05, 0.1) is 0 Å². The lowest BCUT2D eigenvalue weighted by molar-refractivity contribution is 0.462. The Morgan fingerprint density at radius 2 is 1.40 bits per heavy atom. The van der Waals surface area contributed by atoms with Crippen molar-refractivity contribution in [1.29, 1.82) is 0 Å². The summed E-state index contributed by atoms with van der Waals surface area (Å²) in [6, 6.07) is 8.92. The van der Waals surface area contributed by atoms with Crippen LogP contribution < -0.4 is 0 Å². The van der Waals surface area contributed by atoms with Crippen molar-refractivity contribution >= 4 is 0 Å². The SMILES string of the molecule is CCc1cc(-c2cc(O)ccc2O)cc(CC)c1CC. The molecular formula is C18H22O2. The number of rotatable bonds is 4. The van der Waals surface area contributed by atoms with Gasteiger partial charge in [0.15, 0.2) is 0 Å². The monoisotopic (exact) mass is 270 g/mol. The molecule has 0 atom stereocenters. The summed E-state index contributed by atoms with van der Waals surface area (Å²) >= 11 is 0. The summed E-state index contributed by atoms with van der Waals surface area (Å²) in [5.74, 6) is 0.379. The quantitative estimate of drug-likeness (QED) is 0.806. The molecule has 0 heterocycles. The molecular weight excluding hydrogens is 248 g/mol. The summed E-state index contributed by atoms with van der Waals surface area (Å²) < 4.78 is 0. The molecule has 2 aromatic rings. The van der Waals surface area contributed by atoms with Gasteiger partial charge in [-0.15, -0.1) is 0 Å². The van der Waals surface area contributed by atoms with Crippen molar-refractivity contribution in [2.45, 2.75) is 40.0 Å². The van der Waals surface area contributed by atoms with Crippen LogP contribution in [0.2, 0.25) is 0 Å². The van der Waals surface area contributed by atoms with Crippen LogP contribution in [0.25, 0.3) is 11.1 Å².